The summed E-state index contributed by atoms with van der Waals surface area (Å²) in [5.74, 6) is -0.995. The third-order valence-corrected chi connectivity index (χ3v) is 3.68. The molecule has 1 atom stereocenters. The number of halogens is 1. The summed E-state index contributed by atoms with van der Waals surface area (Å²) in [5.41, 5.74) is 0.958. The molecule has 1 aromatic rings. The van der Waals surface area contributed by atoms with Crippen molar-refractivity contribution in [3.05, 3.63) is 28.8 Å². The van der Waals surface area contributed by atoms with Crippen molar-refractivity contribution in [2.24, 2.45) is 0 Å². The molecule has 112 valence electrons. The van der Waals surface area contributed by atoms with E-state index in [1.807, 2.05) is 6.07 Å². The van der Waals surface area contributed by atoms with Crippen LogP contribution in [-0.4, -0.2) is 17.1 Å². The molecule has 0 saturated heterocycles. The van der Waals surface area contributed by atoms with Gasteiger partial charge in [-0.05, 0) is 31.5 Å². The molecule has 0 amide bonds. The average molecular weight is 298 g/mol. The van der Waals surface area contributed by atoms with Gasteiger partial charge >= 0.3 is 5.97 Å². The van der Waals surface area contributed by atoms with Gasteiger partial charge < -0.3 is 10.4 Å². The molecule has 4 heteroatoms. The van der Waals surface area contributed by atoms with Crippen molar-refractivity contribution in [3.63, 3.8) is 0 Å². The molecule has 3 nitrogen and oxygen atoms in total. The van der Waals surface area contributed by atoms with Crippen LogP contribution in [0.4, 0.5) is 5.69 Å². The predicted molar refractivity (Wildman–Crippen MR) is 84.9 cm³/mol. The Morgan fingerprint density at radius 2 is 2.00 bits per heavy atom. The molecule has 0 saturated carbocycles. The van der Waals surface area contributed by atoms with Crippen LogP contribution in [0, 0.1) is 0 Å². The standard InChI is InChI=1S/C16H24ClNO2/c1-3-4-5-6-7-8-12(2)18-13-9-10-15(17)14(11-13)16(19)20/h9-12,18H,3-8H2,1-2H3,(H,19,20). The van der Waals surface area contributed by atoms with Crippen LogP contribution in [0.15, 0.2) is 18.2 Å². The highest BCUT2D eigenvalue weighted by Gasteiger charge is 2.10. The van der Waals surface area contributed by atoms with E-state index in [2.05, 4.69) is 19.2 Å². The molecular formula is C16H24ClNO2. The fourth-order valence-electron chi connectivity index (χ4n) is 2.19. The van der Waals surface area contributed by atoms with E-state index in [0.717, 1.165) is 12.1 Å². The van der Waals surface area contributed by atoms with Gasteiger partial charge in [0.05, 0.1) is 10.6 Å². The lowest BCUT2D eigenvalue weighted by Gasteiger charge is -2.16. The van der Waals surface area contributed by atoms with Gasteiger partial charge in [0.2, 0.25) is 0 Å². The SMILES string of the molecule is CCCCCCCC(C)Nc1ccc(Cl)c(C(=O)O)c1. The Kier molecular flexibility index (Phi) is 7.45. The van der Waals surface area contributed by atoms with E-state index in [0.29, 0.717) is 6.04 Å². The van der Waals surface area contributed by atoms with E-state index in [1.165, 1.54) is 32.1 Å². The van der Waals surface area contributed by atoms with E-state index >= 15 is 0 Å². The van der Waals surface area contributed by atoms with Gasteiger partial charge in [-0.25, -0.2) is 4.79 Å². The molecule has 0 spiro atoms. The molecule has 0 bridgehead atoms. The highest BCUT2D eigenvalue weighted by molar-refractivity contribution is 6.33. The molecular weight excluding hydrogens is 274 g/mol. The molecule has 0 radical (unpaired) electrons. The summed E-state index contributed by atoms with van der Waals surface area (Å²) in [7, 11) is 0. The summed E-state index contributed by atoms with van der Waals surface area (Å²) in [6.07, 6.45) is 7.42. The number of benzene rings is 1. The Hall–Kier alpha value is -1.22. The number of hydrogen-bond donors (Lipinski definition) is 2. The summed E-state index contributed by atoms with van der Waals surface area (Å²) in [4.78, 5) is 11.0. The lowest BCUT2D eigenvalue weighted by atomic mass is 10.1. The number of nitrogens with one attached hydrogen (secondary N) is 1. The van der Waals surface area contributed by atoms with Crippen molar-refractivity contribution in [3.8, 4) is 0 Å². The highest BCUT2D eigenvalue weighted by atomic mass is 35.5. The fraction of sp³-hybridized carbons (Fsp3) is 0.562. The Morgan fingerprint density at radius 1 is 1.30 bits per heavy atom. The molecule has 0 fully saturated rings. The first kappa shape index (κ1) is 16.8. The number of rotatable bonds is 9. The first-order valence-corrected chi connectivity index (χ1v) is 7.71. The van der Waals surface area contributed by atoms with Crippen molar-refractivity contribution >= 4 is 23.3 Å². The summed E-state index contributed by atoms with van der Waals surface area (Å²) in [6, 6.07) is 5.38. The van der Waals surface area contributed by atoms with Crippen LogP contribution in [-0.2, 0) is 0 Å². The summed E-state index contributed by atoms with van der Waals surface area (Å²) in [6.45, 7) is 4.33. The monoisotopic (exact) mass is 297 g/mol. The van der Waals surface area contributed by atoms with Crippen molar-refractivity contribution in [1.82, 2.24) is 0 Å². The topological polar surface area (TPSA) is 49.3 Å². The third-order valence-electron chi connectivity index (χ3n) is 3.35. The van der Waals surface area contributed by atoms with Gasteiger partial charge in [0, 0.05) is 11.7 Å². The number of carboxylic acids is 1. The molecule has 1 rings (SSSR count). The number of carboxylic acid groups (broad SMARTS) is 1. The molecule has 20 heavy (non-hydrogen) atoms. The fourth-order valence-corrected chi connectivity index (χ4v) is 2.39. The van der Waals surface area contributed by atoms with Gasteiger partial charge in [-0.1, -0.05) is 50.6 Å². The van der Waals surface area contributed by atoms with E-state index in [1.54, 1.807) is 12.1 Å². The smallest absolute Gasteiger partial charge is 0.337 e. The molecule has 0 aliphatic carbocycles. The molecule has 1 aromatic carbocycles. The van der Waals surface area contributed by atoms with E-state index in [4.69, 9.17) is 16.7 Å². The molecule has 0 aromatic heterocycles. The predicted octanol–water partition coefficient (Wildman–Crippen LogP) is 5.20. The zero-order valence-corrected chi connectivity index (χ0v) is 13.0. The lowest BCUT2D eigenvalue weighted by Crippen LogP contribution is -2.15. The van der Waals surface area contributed by atoms with E-state index in [-0.39, 0.29) is 10.6 Å². The van der Waals surface area contributed by atoms with Crippen molar-refractivity contribution in [1.29, 1.82) is 0 Å². The van der Waals surface area contributed by atoms with Crippen molar-refractivity contribution in [2.45, 2.75) is 58.4 Å². The van der Waals surface area contributed by atoms with E-state index < -0.39 is 5.97 Å². The quantitative estimate of drug-likeness (QED) is 0.616. The zero-order chi connectivity index (χ0) is 15.0. The minimum absolute atomic E-state index is 0.145. The Bertz CT molecular complexity index is 434. The Morgan fingerprint density at radius 3 is 2.65 bits per heavy atom. The normalized spacial score (nSPS) is 12.2. The van der Waals surface area contributed by atoms with Gasteiger partial charge in [-0.2, -0.15) is 0 Å². The van der Waals surface area contributed by atoms with Gasteiger partial charge in [-0.15, -0.1) is 0 Å². The lowest BCUT2D eigenvalue weighted by molar-refractivity contribution is 0.0697. The number of anilines is 1. The first-order chi connectivity index (χ1) is 9.54. The second-order valence-corrected chi connectivity index (χ2v) is 5.66. The Labute approximate surface area is 126 Å². The average Bonchev–Trinajstić information content (AvgIpc) is 2.40. The summed E-state index contributed by atoms with van der Waals surface area (Å²) < 4.78 is 0. The third kappa shape index (κ3) is 5.83. The van der Waals surface area contributed by atoms with Gasteiger partial charge in [0.15, 0.2) is 0 Å². The van der Waals surface area contributed by atoms with Crippen LogP contribution >= 0.6 is 11.6 Å². The van der Waals surface area contributed by atoms with E-state index in [9.17, 15) is 4.79 Å². The van der Waals surface area contributed by atoms with Crippen molar-refractivity contribution < 1.29 is 9.90 Å². The maximum Gasteiger partial charge on any atom is 0.337 e. The van der Waals surface area contributed by atoms with Crippen LogP contribution in [0.2, 0.25) is 5.02 Å². The van der Waals surface area contributed by atoms with Gasteiger partial charge in [-0.3, -0.25) is 0 Å². The number of aromatic carboxylic acids is 1. The summed E-state index contributed by atoms with van der Waals surface area (Å²) in [5, 5.41) is 12.6. The molecule has 0 aliphatic rings. The maximum absolute atomic E-state index is 11.0. The van der Waals surface area contributed by atoms with Crippen LogP contribution in [0.3, 0.4) is 0 Å². The Balaban J connectivity index is 2.43. The molecule has 2 N–H and O–H groups in total. The van der Waals surface area contributed by atoms with Gasteiger partial charge in [0.1, 0.15) is 0 Å². The maximum atomic E-state index is 11.0. The molecule has 0 aliphatic heterocycles. The van der Waals surface area contributed by atoms with Gasteiger partial charge in [0.25, 0.3) is 0 Å². The minimum Gasteiger partial charge on any atom is -0.478 e. The minimum atomic E-state index is -0.995. The van der Waals surface area contributed by atoms with Crippen LogP contribution in [0.25, 0.3) is 0 Å². The molecule has 0 heterocycles. The molecule has 1 unspecified atom stereocenters. The largest absolute Gasteiger partial charge is 0.478 e. The van der Waals surface area contributed by atoms with Crippen LogP contribution < -0.4 is 5.32 Å². The number of carbonyl (C=O) groups is 1. The van der Waals surface area contributed by atoms with Crippen molar-refractivity contribution in [2.75, 3.05) is 5.32 Å². The number of hydrogen-bond acceptors (Lipinski definition) is 2. The highest BCUT2D eigenvalue weighted by Crippen LogP contribution is 2.21. The second kappa shape index (κ2) is 8.85. The first-order valence-electron chi connectivity index (χ1n) is 7.34. The van der Waals surface area contributed by atoms with Crippen LogP contribution in [0.1, 0.15) is 62.7 Å². The van der Waals surface area contributed by atoms with Crippen LogP contribution in [0.5, 0.6) is 0 Å². The second-order valence-electron chi connectivity index (χ2n) is 5.25. The summed E-state index contributed by atoms with van der Waals surface area (Å²) >= 11 is 5.85. The zero-order valence-electron chi connectivity index (χ0n) is 12.3. The number of unbranched alkanes of at least 4 members (excludes halogenated alkanes) is 4.